The van der Waals surface area contributed by atoms with E-state index in [1.807, 2.05) is 6.07 Å². The van der Waals surface area contributed by atoms with E-state index in [0.717, 1.165) is 63.4 Å². The molecule has 3 atom stereocenters. The molecule has 2 aliphatic heterocycles. The third kappa shape index (κ3) is 4.26. The van der Waals surface area contributed by atoms with Crippen LogP contribution in [0.5, 0.6) is 11.5 Å². The number of allylic oxidation sites excluding steroid dienone is 2. The smallest absolute Gasteiger partial charge is 0.127 e. The number of phenols is 1. The topological polar surface area (TPSA) is 41.9 Å². The molecule has 1 N–H and O–H groups in total. The van der Waals surface area contributed by atoms with E-state index in [-0.39, 0.29) is 11.0 Å². The summed E-state index contributed by atoms with van der Waals surface area (Å²) in [5.41, 5.74) is 3.33. The normalized spacial score (nSPS) is 27.0. The van der Waals surface area contributed by atoms with Gasteiger partial charge in [-0.25, -0.2) is 0 Å². The molecule has 4 rings (SSSR count). The second-order valence-electron chi connectivity index (χ2n) is 11.1. The van der Waals surface area contributed by atoms with Crippen LogP contribution in [-0.2, 0) is 10.2 Å². The number of hydrogen-bond acceptors (Lipinski definition) is 4. The van der Waals surface area contributed by atoms with E-state index in [1.54, 1.807) is 0 Å². The molecular formula is C27H41NO3. The molecule has 3 aliphatic rings. The van der Waals surface area contributed by atoms with Gasteiger partial charge in [0.15, 0.2) is 0 Å². The molecule has 4 heteroatoms. The van der Waals surface area contributed by atoms with Gasteiger partial charge in [-0.1, -0.05) is 38.8 Å². The van der Waals surface area contributed by atoms with Crippen molar-refractivity contribution in [2.75, 3.05) is 32.8 Å². The molecule has 31 heavy (non-hydrogen) atoms. The van der Waals surface area contributed by atoms with Crippen molar-refractivity contribution in [1.82, 2.24) is 4.90 Å². The summed E-state index contributed by atoms with van der Waals surface area (Å²) in [6.07, 6.45) is 5.48. The second-order valence-corrected chi connectivity index (χ2v) is 11.1. The lowest BCUT2D eigenvalue weighted by atomic mass is 9.66. The Balaban J connectivity index is 1.67. The van der Waals surface area contributed by atoms with Gasteiger partial charge in [-0.3, -0.25) is 4.90 Å². The Morgan fingerprint density at radius 1 is 1.23 bits per heavy atom. The van der Waals surface area contributed by atoms with E-state index in [0.29, 0.717) is 23.5 Å². The molecule has 1 saturated heterocycles. The second kappa shape index (κ2) is 8.44. The van der Waals surface area contributed by atoms with Crippen LogP contribution >= 0.6 is 0 Å². The number of hydrogen-bond donors (Lipinski definition) is 1. The Morgan fingerprint density at radius 3 is 2.61 bits per heavy atom. The highest BCUT2D eigenvalue weighted by Gasteiger charge is 2.46. The van der Waals surface area contributed by atoms with Crippen LogP contribution in [0.15, 0.2) is 23.8 Å². The first-order valence-corrected chi connectivity index (χ1v) is 12.2. The van der Waals surface area contributed by atoms with Crippen LogP contribution in [0.3, 0.4) is 0 Å². The van der Waals surface area contributed by atoms with Gasteiger partial charge in [0.2, 0.25) is 0 Å². The fourth-order valence-electron chi connectivity index (χ4n) is 6.14. The zero-order chi connectivity index (χ0) is 22.4. The molecule has 1 aromatic rings. The SMILES string of the molecule is CCC(CN1CCOCC1)C(C)(C)c1cc(O)c2c(c1)OC(C)(C)C1CC=C(C)C[C@@H]21. The number of ether oxygens (including phenoxy) is 2. The Hall–Kier alpha value is -1.52. The Morgan fingerprint density at radius 2 is 1.94 bits per heavy atom. The van der Waals surface area contributed by atoms with Crippen molar-refractivity contribution in [1.29, 1.82) is 0 Å². The van der Waals surface area contributed by atoms with Crippen molar-refractivity contribution in [2.45, 2.75) is 77.7 Å². The number of aromatic hydroxyl groups is 1. The number of rotatable bonds is 5. The minimum Gasteiger partial charge on any atom is -0.508 e. The van der Waals surface area contributed by atoms with Crippen LogP contribution in [-0.4, -0.2) is 48.5 Å². The minimum absolute atomic E-state index is 0.0632. The molecule has 172 valence electrons. The van der Waals surface area contributed by atoms with Crippen molar-refractivity contribution in [3.8, 4) is 11.5 Å². The maximum absolute atomic E-state index is 11.2. The average molecular weight is 428 g/mol. The van der Waals surface area contributed by atoms with Crippen LogP contribution in [0.2, 0.25) is 0 Å². The maximum atomic E-state index is 11.2. The number of nitrogens with zero attached hydrogens (tertiary/aromatic N) is 1. The van der Waals surface area contributed by atoms with Gasteiger partial charge in [0.1, 0.15) is 17.1 Å². The summed E-state index contributed by atoms with van der Waals surface area (Å²) in [4.78, 5) is 2.53. The van der Waals surface area contributed by atoms with Gasteiger partial charge in [-0.15, -0.1) is 0 Å². The van der Waals surface area contributed by atoms with Gasteiger partial charge in [-0.05, 0) is 62.6 Å². The Bertz CT molecular complexity index is 835. The molecule has 0 aromatic heterocycles. The van der Waals surface area contributed by atoms with Crippen LogP contribution in [0.25, 0.3) is 0 Å². The summed E-state index contributed by atoms with van der Waals surface area (Å²) in [5, 5.41) is 11.2. The van der Waals surface area contributed by atoms with Crippen molar-refractivity contribution in [3.05, 3.63) is 34.9 Å². The molecular weight excluding hydrogens is 386 g/mol. The lowest BCUT2D eigenvalue weighted by Gasteiger charge is -2.47. The van der Waals surface area contributed by atoms with Crippen molar-refractivity contribution < 1.29 is 14.6 Å². The van der Waals surface area contributed by atoms with E-state index >= 15 is 0 Å². The standard InChI is InChI=1S/C27H41NO3/c1-7-19(17-28-10-12-30-13-11-28)26(3,4)20-15-23(29)25-21-14-18(2)8-9-22(21)27(5,6)31-24(25)16-20/h8,15-16,19,21-22,29H,7,9-14,17H2,1-6H3/t19?,21-,22?/m1/s1. The third-order valence-corrected chi connectivity index (χ3v) is 8.34. The van der Waals surface area contributed by atoms with E-state index in [9.17, 15) is 5.11 Å². The van der Waals surface area contributed by atoms with Crippen LogP contribution in [0.1, 0.15) is 77.8 Å². The highest BCUT2D eigenvalue weighted by molar-refractivity contribution is 5.54. The molecule has 0 bridgehead atoms. The van der Waals surface area contributed by atoms with Gasteiger partial charge >= 0.3 is 0 Å². The monoisotopic (exact) mass is 427 g/mol. The molecule has 0 spiro atoms. The summed E-state index contributed by atoms with van der Waals surface area (Å²) in [6.45, 7) is 18.3. The largest absolute Gasteiger partial charge is 0.508 e. The zero-order valence-corrected chi connectivity index (χ0v) is 20.3. The summed E-state index contributed by atoms with van der Waals surface area (Å²) in [5.74, 6) is 2.54. The molecule has 2 unspecified atom stereocenters. The lowest BCUT2D eigenvalue weighted by molar-refractivity contribution is 0.00720. The quantitative estimate of drug-likeness (QED) is 0.618. The Labute approximate surface area is 188 Å². The first-order chi connectivity index (χ1) is 14.6. The fourth-order valence-corrected chi connectivity index (χ4v) is 6.14. The van der Waals surface area contributed by atoms with Gasteiger partial charge in [0.25, 0.3) is 0 Å². The van der Waals surface area contributed by atoms with Crippen LogP contribution < -0.4 is 4.74 Å². The number of benzene rings is 1. The van der Waals surface area contributed by atoms with Crippen LogP contribution in [0.4, 0.5) is 0 Å². The molecule has 2 heterocycles. The van der Waals surface area contributed by atoms with Crippen molar-refractivity contribution in [2.24, 2.45) is 11.8 Å². The average Bonchev–Trinajstić information content (AvgIpc) is 2.71. The predicted molar refractivity (Wildman–Crippen MR) is 126 cm³/mol. The van der Waals surface area contributed by atoms with Crippen LogP contribution in [0, 0.1) is 11.8 Å². The highest BCUT2D eigenvalue weighted by Crippen LogP contribution is 2.55. The molecule has 0 saturated carbocycles. The molecule has 0 amide bonds. The minimum atomic E-state index is -0.234. The van der Waals surface area contributed by atoms with Crippen molar-refractivity contribution >= 4 is 0 Å². The number of phenolic OH excluding ortho intramolecular Hbond substituents is 1. The molecule has 1 aromatic carbocycles. The van der Waals surface area contributed by atoms with Gasteiger partial charge < -0.3 is 14.6 Å². The highest BCUT2D eigenvalue weighted by atomic mass is 16.5. The molecule has 1 fully saturated rings. The first-order valence-electron chi connectivity index (χ1n) is 12.2. The lowest BCUT2D eigenvalue weighted by Crippen LogP contribution is -2.46. The first kappa shape index (κ1) is 22.7. The van der Waals surface area contributed by atoms with Crippen molar-refractivity contribution in [3.63, 3.8) is 0 Å². The van der Waals surface area contributed by atoms with Gasteiger partial charge in [0.05, 0.1) is 13.2 Å². The predicted octanol–water partition coefficient (Wildman–Crippen LogP) is 5.64. The third-order valence-electron chi connectivity index (χ3n) is 8.34. The van der Waals surface area contributed by atoms with Gasteiger partial charge in [0, 0.05) is 37.0 Å². The summed E-state index contributed by atoms with van der Waals surface area (Å²) in [7, 11) is 0. The summed E-state index contributed by atoms with van der Waals surface area (Å²) in [6, 6.07) is 4.27. The summed E-state index contributed by atoms with van der Waals surface area (Å²) < 4.78 is 12.1. The number of fused-ring (bicyclic) bond motifs is 3. The van der Waals surface area contributed by atoms with E-state index in [1.165, 1.54) is 11.1 Å². The van der Waals surface area contributed by atoms with E-state index in [4.69, 9.17) is 9.47 Å². The van der Waals surface area contributed by atoms with E-state index in [2.05, 4.69) is 58.6 Å². The molecule has 0 radical (unpaired) electrons. The van der Waals surface area contributed by atoms with E-state index < -0.39 is 0 Å². The zero-order valence-electron chi connectivity index (χ0n) is 20.3. The van der Waals surface area contributed by atoms with Gasteiger partial charge in [-0.2, -0.15) is 0 Å². The fraction of sp³-hybridized carbons (Fsp3) is 0.704. The summed E-state index contributed by atoms with van der Waals surface area (Å²) >= 11 is 0. The maximum Gasteiger partial charge on any atom is 0.127 e. The Kier molecular flexibility index (Phi) is 6.17. The molecule has 1 aliphatic carbocycles. The number of morpholine rings is 1. The molecule has 4 nitrogen and oxygen atoms in total.